The average molecular weight is 350 g/mol. The molecule has 0 radical (unpaired) electrons. The standard InChI is InChI=1S/C21H22N2O3/c1-24-18-8-6-17(7-9-18)23-14-15-5-4-10-22-21(15)16-11-19(25-2)13-20(12-16)26-3/h4-13,23H,14H2,1-3H3. The summed E-state index contributed by atoms with van der Waals surface area (Å²) in [6.45, 7) is 0.648. The molecule has 1 aromatic heterocycles. The average Bonchev–Trinajstić information content (AvgIpc) is 2.72. The van der Waals surface area contributed by atoms with Crippen molar-refractivity contribution in [1.82, 2.24) is 4.98 Å². The number of aromatic nitrogens is 1. The molecule has 0 aliphatic carbocycles. The molecule has 0 saturated carbocycles. The highest BCUT2D eigenvalue weighted by Crippen LogP contribution is 2.30. The first kappa shape index (κ1) is 17.6. The highest BCUT2D eigenvalue weighted by molar-refractivity contribution is 5.67. The van der Waals surface area contributed by atoms with Gasteiger partial charge in [0.25, 0.3) is 0 Å². The maximum Gasteiger partial charge on any atom is 0.123 e. The predicted molar refractivity (Wildman–Crippen MR) is 103 cm³/mol. The van der Waals surface area contributed by atoms with Gasteiger partial charge in [-0.3, -0.25) is 4.98 Å². The van der Waals surface area contributed by atoms with E-state index in [2.05, 4.69) is 16.4 Å². The van der Waals surface area contributed by atoms with E-state index in [4.69, 9.17) is 14.2 Å². The van der Waals surface area contributed by atoms with E-state index < -0.39 is 0 Å². The van der Waals surface area contributed by atoms with Gasteiger partial charge in [0.15, 0.2) is 0 Å². The third-order valence-electron chi connectivity index (χ3n) is 4.09. The minimum atomic E-state index is 0.648. The largest absolute Gasteiger partial charge is 0.497 e. The van der Waals surface area contributed by atoms with Gasteiger partial charge in [0, 0.05) is 30.1 Å². The van der Waals surface area contributed by atoms with Crippen LogP contribution in [0.4, 0.5) is 5.69 Å². The van der Waals surface area contributed by atoms with Gasteiger partial charge in [0.05, 0.1) is 27.0 Å². The summed E-state index contributed by atoms with van der Waals surface area (Å²) in [5.41, 5.74) is 3.95. The molecule has 0 aliphatic rings. The van der Waals surface area contributed by atoms with Crippen LogP contribution in [0.5, 0.6) is 17.2 Å². The zero-order valence-electron chi connectivity index (χ0n) is 15.2. The minimum absolute atomic E-state index is 0.648. The number of rotatable bonds is 7. The zero-order valence-corrected chi connectivity index (χ0v) is 15.2. The Kier molecular flexibility index (Phi) is 5.59. The summed E-state index contributed by atoms with van der Waals surface area (Å²) in [5, 5.41) is 3.42. The summed E-state index contributed by atoms with van der Waals surface area (Å²) < 4.78 is 15.9. The molecule has 0 fully saturated rings. The van der Waals surface area contributed by atoms with Crippen LogP contribution in [-0.2, 0) is 6.54 Å². The van der Waals surface area contributed by atoms with Crippen molar-refractivity contribution in [3.05, 3.63) is 66.4 Å². The number of pyridine rings is 1. The van der Waals surface area contributed by atoms with Crippen LogP contribution in [0, 0.1) is 0 Å². The lowest BCUT2D eigenvalue weighted by Gasteiger charge is -2.13. The van der Waals surface area contributed by atoms with E-state index in [1.165, 1.54) is 0 Å². The van der Waals surface area contributed by atoms with Crippen LogP contribution >= 0.6 is 0 Å². The first-order valence-electron chi connectivity index (χ1n) is 8.28. The summed E-state index contributed by atoms with van der Waals surface area (Å²) >= 11 is 0. The van der Waals surface area contributed by atoms with Crippen LogP contribution in [0.25, 0.3) is 11.3 Å². The summed E-state index contributed by atoms with van der Waals surface area (Å²) in [4.78, 5) is 4.57. The third-order valence-corrected chi connectivity index (χ3v) is 4.09. The highest BCUT2D eigenvalue weighted by atomic mass is 16.5. The molecule has 3 rings (SSSR count). The van der Waals surface area contributed by atoms with Crippen molar-refractivity contribution in [2.75, 3.05) is 26.6 Å². The van der Waals surface area contributed by atoms with Crippen molar-refractivity contribution >= 4 is 5.69 Å². The Morgan fingerprint density at radius 3 is 2.08 bits per heavy atom. The van der Waals surface area contributed by atoms with Crippen molar-refractivity contribution < 1.29 is 14.2 Å². The van der Waals surface area contributed by atoms with Gasteiger partial charge in [-0.15, -0.1) is 0 Å². The Bertz CT molecular complexity index is 841. The second-order valence-electron chi connectivity index (χ2n) is 5.69. The molecule has 3 aromatic rings. The molecule has 0 atom stereocenters. The first-order valence-corrected chi connectivity index (χ1v) is 8.28. The number of nitrogens with one attached hydrogen (secondary N) is 1. The molecule has 0 amide bonds. The molecule has 0 saturated heterocycles. The molecular formula is C21H22N2O3. The molecule has 0 aliphatic heterocycles. The fourth-order valence-electron chi connectivity index (χ4n) is 2.69. The van der Waals surface area contributed by atoms with Crippen LogP contribution in [-0.4, -0.2) is 26.3 Å². The number of methoxy groups -OCH3 is 3. The van der Waals surface area contributed by atoms with Gasteiger partial charge < -0.3 is 19.5 Å². The van der Waals surface area contributed by atoms with Gasteiger partial charge >= 0.3 is 0 Å². The second-order valence-corrected chi connectivity index (χ2v) is 5.69. The van der Waals surface area contributed by atoms with Crippen LogP contribution in [0.1, 0.15) is 5.56 Å². The Hall–Kier alpha value is -3.21. The maximum absolute atomic E-state index is 5.37. The molecule has 2 aromatic carbocycles. The summed E-state index contributed by atoms with van der Waals surface area (Å²) in [6, 6.07) is 17.6. The quantitative estimate of drug-likeness (QED) is 0.685. The summed E-state index contributed by atoms with van der Waals surface area (Å²) in [6.07, 6.45) is 1.79. The number of ether oxygens (including phenoxy) is 3. The van der Waals surface area contributed by atoms with E-state index in [0.717, 1.165) is 39.8 Å². The minimum Gasteiger partial charge on any atom is -0.497 e. The predicted octanol–water partition coefficient (Wildman–Crippen LogP) is 4.39. The maximum atomic E-state index is 5.37. The van der Waals surface area contributed by atoms with E-state index in [1.54, 1.807) is 27.5 Å². The Morgan fingerprint density at radius 2 is 1.46 bits per heavy atom. The number of hydrogen-bond donors (Lipinski definition) is 1. The molecule has 0 unspecified atom stereocenters. The van der Waals surface area contributed by atoms with E-state index in [0.29, 0.717) is 6.54 Å². The number of anilines is 1. The zero-order chi connectivity index (χ0) is 18.4. The third kappa shape index (κ3) is 4.06. The Balaban J connectivity index is 1.86. The SMILES string of the molecule is COc1ccc(NCc2cccnc2-c2cc(OC)cc(OC)c2)cc1. The normalized spacial score (nSPS) is 10.3. The number of benzene rings is 2. The van der Waals surface area contributed by atoms with Gasteiger partial charge in [-0.05, 0) is 48.0 Å². The van der Waals surface area contributed by atoms with Crippen molar-refractivity contribution in [3.8, 4) is 28.5 Å². The smallest absolute Gasteiger partial charge is 0.123 e. The van der Waals surface area contributed by atoms with Crippen molar-refractivity contribution in [2.45, 2.75) is 6.54 Å². The van der Waals surface area contributed by atoms with Gasteiger partial charge in [-0.2, -0.15) is 0 Å². The van der Waals surface area contributed by atoms with E-state index in [9.17, 15) is 0 Å². The van der Waals surface area contributed by atoms with Crippen molar-refractivity contribution in [2.24, 2.45) is 0 Å². The first-order chi connectivity index (χ1) is 12.7. The van der Waals surface area contributed by atoms with E-state index >= 15 is 0 Å². The molecule has 0 bridgehead atoms. The highest BCUT2D eigenvalue weighted by Gasteiger charge is 2.10. The summed E-state index contributed by atoms with van der Waals surface area (Å²) in [7, 11) is 4.94. The number of nitrogens with zero attached hydrogens (tertiary/aromatic N) is 1. The van der Waals surface area contributed by atoms with Crippen LogP contribution < -0.4 is 19.5 Å². The van der Waals surface area contributed by atoms with Crippen LogP contribution in [0.15, 0.2) is 60.8 Å². The van der Waals surface area contributed by atoms with Gasteiger partial charge in [-0.1, -0.05) is 6.07 Å². The Morgan fingerprint density at radius 1 is 0.808 bits per heavy atom. The molecule has 134 valence electrons. The lowest BCUT2D eigenvalue weighted by Crippen LogP contribution is -2.02. The molecule has 1 N–H and O–H groups in total. The monoisotopic (exact) mass is 350 g/mol. The lowest BCUT2D eigenvalue weighted by molar-refractivity contribution is 0.394. The molecular weight excluding hydrogens is 328 g/mol. The van der Waals surface area contributed by atoms with Crippen molar-refractivity contribution in [3.63, 3.8) is 0 Å². The lowest BCUT2D eigenvalue weighted by atomic mass is 10.0. The fraction of sp³-hybridized carbons (Fsp3) is 0.190. The molecule has 1 heterocycles. The van der Waals surface area contributed by atoms with Crippen LogP contribution in [0.2, 0.25) is 0 Å². The molecule has 5 nitrogen and oxygen atoms in total. The molecule has 5 heteroatoms. The molecule has 0 spiro atoms. The van der Waals surface area contributed by atoms with Gasteiger partial charge in [0.2, 0.25) is 0 Å². The fourth-order valence-corrected chi connectivity index (χ4v) is 2.69. The van der Waals surface area contributed by atoms with Gasteiger partial charge in [0.1, 0.15) is 17.2 Å². The van der Waals surface area contributed by atoms with Crippen LogP contribution in [0.3, 0.4) is 0 Å². The number of hydrogen-bond acceptors (Lipinski definition) is 5. The van der Waals surface area contributed by atoms with Gasteiger partial charge in [-0.25, -0.2) is 0 Å². The van der Waals surface area contributed by atoms with Crippen molar-refractivity contribution in [1.29, 1.82) is 0 Å². The summed E-state index contributed by atoms with van der Waals surface area (Å²) in [5.74, 6) is 2.30. The Labute approximate surface area is 153 Å². The van der Waals surface area contributed by atoms with E-state index in [-0.39, 0.29) is 0 Å². The topological polar surface area (TPSA) is 52.6 Å². The second kappa shape index (κ2) is 8.25. The molecule has 26 heavy (non-hydrogen) atoms. The van der Waals surface area contributed by atoms with E-state index in [1.807, 2.05) is 48.5 Å².